The van der Waals surface area contributed by atoms with Crippen LogP contribution in [-0.4, -0.2) is 25.3 Å². The second kappa shape index (κ2) is 9.08. The number of carbonyl (C=O) groups excluding carboxylic acids is 2. The lowest BCUT2D eigenvalue weighted by Gasteiger charge is -2.13. The predicted octanol–water partition coefficient (Wildman–Crippen LogP) is 3.58. The van der Waals surface area contributed by atoms with Gasteiger partial charge in [-0.3, -0.25) is 9.59 Å². The highest BCUT2D eigenvalue weighted by atomic mass is 35.5. The van der Waals surface area contributed by atoms with Crippen LogP contribution in [0.2, 0.25) is 5.02 Å². The van der Waals surface area contributed by atoms with Crippen molar-refractivity contribution in [1.29, 1.82) is 0 Å². The molecule has 0 spiro atoms. The number of hydrogen-bond donors (Lipinski definition) is 1. The summed E-state index contributed by atoms with van der Waals surface area (Å²) in [4.78, 5) is 23.3. The lowest BCUT2D eigenvalue weighted by Crippen LogP contribution is -2.36. The minimum absolute atomic E-state index is 0.348. The molecular weight excluding hydrogens is 326 g/mol. The lowest BCUT2D eigenvalue weighted by molar-refractivity contribution is 0.0944. The van der Waals surface area contributed by atoms with Gasteiger partial charge in [0.05, 0.1) is 18.2 Å². The highest BCUT2D eigenvalue weighted by molar-refractivity contribution is 6.32. The van der Waals surface area contributed by atoms with E-state index >= 15 is 0 Å². The van der Waals surface area contributed by atoms with Gasteiger partial charge in [0.25, 0.3) is 5.91 Å². The first kappa shape index (κ1) is 18.0. The van der Waals surface area contributed by atoms with Crippen molar-refractivity contribution < 1.29 is 14.3 Å². The number of ether oxygens (including phenoxy) is 1. The highest BCUT2D eigenvalue weighted by Gasteiger charge is 2.15. The Labute approximate surface area is 146 Å². The molecule has 1 atom stereocenters. The van der Waals surface area contributed by atoms with Crippen LogP contribution in [0.15, 0.2) is 48.5 Å². The van der Waals surface area contributed by atoms with Gasteiger partial charge in [0.15, 0.2) is 0 Å². The zero-order chi connectivity index (χ0) is 17.4. The number of benzene rings is 2. The zero-order valence-electron chi connectivity index (χ0n) is 13.4. The molecular formula is C19H19ClNO3. The summed E-state index contributed by atoms with van der Waals surface area (Å²) < 4.78 is 5.05. The van der Waals surface area contributed by atoms with Gasteiger partial charge in [0.2, 0.25) is 6.29 Å². The summed E-state index contributed by atoms with van der Waals surface area (Å²) in [6, 6.07) is 14.1. The number of carbonyl (C=O) groups is 1. The molecule has 2 rings (SSSR count). The first-order valence-electron chi connectivity index (χ1n) is 7.70. The van der Waals surface area contributed by atoms with E-state index < -0.39 is 6.04 Å². The van der Waals surface area contributed by atoms with Gasteiger partial charge in [-0.25, -0.2) is 0 Å². The number of rotatable bonds is 8. The molecule has 2 aromatic rings. The molecule has 1 radical (unpaired) electrons. The van der Waals surface area contributed by atoms with E-state index in [2.05, 4.69) is 5.32 Å². The molecule has 4 nitrogen and oxygen atoms in total. The van der Waals surface area contributed by atoms with Gasteiger partial charge in [-0.2, -0.15) is 0 Å². The van der Waals surface area contributed by atoms with Crippen LogP contribution in [0.25, 0.3) is 0 Å². The molecule has 0 aliphatic carbocycles. The molecule has 0 saturated carbocycles. The Morgan fingerprint density at radius 3 is 2.62 bits per heavy atom. The Morgan fingerprint density at radius 1 is 1.25 bits per heavy atom. The van der Waals surface area contributed by atoms with E-state index in [9.17, 15) is 9.59 Å². The van der Waals surface area contributed by atoms with Gasteiger partial charge < -0.3 is 10.1 Å². The van der Waals surface area contributed by atoms with E-state index in [0.29, 0.717) is 22.8 Å². The van der Waals surface area contributed by atoms with Crippen LogP contribution in [0.3, 0.4) is 0 Å². The molecule has 0 aliphatic heterocycles. The summed E-state index contributed by atoms with van der Waals surface area (Å²) in [5, 5.41) is 3.02. The SMILES string of the molecule is COc1ccc(C(=O)N[C@@H]([C]=O)CCCc2ccccc2)cc1Cl. The summed E-state index contributed by atoms with van der Waals surface area (Å²) in [7, 11) is 1.51. The van der Waals surface area contributed by atoms with Gasteiger partial charge in [0.1, 0.15) is 5.75 Å². The summed E-state index contributed by atoms with van der Waals surface area (Å²) in [5.41, 5.74) is 1.58. The van der Waals surface area contributed by atoms with Crippen molar-refractivity contribution in [2.45, 2.75) is 25.3 Å². The van der Waals surface area contributed by atoms with Crippen LogP contribution in [0.1, 0.15) is 28.8 Å². The molecule has 1 N–H and O–H groups in total. The van der Waals surface area contributed by atoms with Crippen molar-refractivity contribution >= 4 is 23.8 Å². The molecule has 0 bridgehead atoms. The maximum atomic E-state index is 12.2. The second-order valence-electron chi connectivity index (χ2n) is 5.37. The summed E-state index contributed by atoms with van der Waals surface area (Å²) in [6.07, 6.45) is 4.06. The maximum Gasteiger partial charge on any atom is 0.251 e. The first-order chi connectivity index (χ1) is 11.6. The van der Waals surface area contributed by atoms with Gasteiger partial charge in [-0.1, -0.05) is 41.9 Å². The minimum Gasteiger partial charge on any atom is -0.495 e. The molecule has 125 valence electrons. The van der Waals surface area contributed by atoms with E-state index in [1.807, 2.05) is 36.6 Å². The number of amides is 1. The summed E-state index contributed by atoms with van der Waals surface area (Å²) in [6.45, 7) is 0. The van der Waals surface area contributed by atoms with E-state index in [4.69, 9.17) is 16.3 Å². The average Bonchev–Trinajstić information content (AvgIpc) is 2.61. The molecule has 0 aromatic heterocycles. The smallest absolute Gasteiger partial charge is 0.251 e. The average molecular weight is 345 g/mol. The summed E-state index contributed by atoms with van der Waals surface area (Å²) in [5.74, 6) is 0.141. The molecule has 5 heteroatoms. The molecule has 0 unspecified atom stereocenters. The van der Waals surface area contributed by atoms with Crippen LogP contribution >= 0.6 is 11.6 Å². The highest BCUT2D eigenvalue weighted by Crippen LogP contribution is 2.24. The molecule has 1 amide bonds. The zero-order valence-corrected chi connectivity index (χ0v) is 14.2. The fraction of sp³-hybridized carbons (Fsp3) is 0.263. The van der Waals surface area contributed by atoms with Crippen LogP contribution in [-0.2, 0) is 11.2 Å². The van der Waals surface area contributed by atoms with Gasteiger partial charge >= 0.3 is 0 Å². The van der Waals surface area contributed by atoms with Crippen LogP contribution < -0.4 is 10.1 Å². The number of hydrogen-bond acceptors (Lipinski definition) is 3. The minimum atomic E-state index is -0.637. The van der Waals surface area contributed by atoms with Crippen LogP contribution in [0.4, 0.5) is 0 Å². The standard InChI is InChI=1S/C19H19ClNO3/c1-24-18-11-10-15(12-17(18)20)19(23)21-16(13-22)9-5-8-14-6-3-2-4-7-14/h2-4,6-7,10-12,16H,5,8-9H2,1H3,(H,21,23)/t16-/m1/s1. The molecule has 0 heterocycles. The molecule has 0 saturated heterocycles. The van der Waals surface area contributed by atoms with Crippen molar-refractivity contribution in [3.8, 4) is 5.75 Å². The van der Waals surface area contributed by atoms with E-state index in [0.717, 1.165) is 12.8 Å². The lowest BCUT2D eigenvalue weighted by atomic mass is 10.0. The van der Waals surface area contributed by atoms with Crippen molar-refractivity contribution in [1.82, 2.24) is 5.32 Å². The number of nitrogens with one attached hydrogen (secondary N) is 1. The third kappa shape index (κ3) is 5.10. The van der Waals surface area contributed by atoms with Crippen LogP contribution in [0.5, 0.6) is 5.75 Å². The Balaban J connectivity index is 1.88. The molecule has 2 aromatic carbocycles. The Hall–Kier alpha value is -2.33. The maximum absolute atomic E-state index is 12.2. The van der Waals surface area contributed by atoms with E-state index in [1.165, 1.54) is 18.7 Å². The number of methoxy groups -OCH3 is 1. The normalized spacial score (nSPS) is 11.6. The topological polar surface area (TPSA) is 55.4 Å². The van der Waals surface area contributed by atoms with Gasteiger partial charge in [-0.05, 0) is 43.0 Å². The van der Waals surface area contributed by atoms with Crippen molar-refractivity contribution in [2.75, 3.05) is 7.11 Å². The second-order valence-corrected chi connectivity index (χ2v) is 5.78. The Kier molecular flexibility index (Phi) is 6.82. The molecule has 0 fully saturated rings. The predicted molar refractivity (Wildman–Crippen MR) is 94.3 cm³/mol. The van der Waals surface area contributed by atoms with E-state index in [1.54, 1.807) is 12.1 Å². The van der Waals surface area contributed by atoms with E-state index in [-0.39, 0.29) is 5.91 Å². The third-order valence-corrected chi connectivity index (χ3v) is 3.96. The molecule has 0 aliphatic rings. The number of aryl methyl sites for hydroxylation is 1. The molecule has 24 heavy (non-hydrogen) atoms. The quantitative estimate of drug-likeness (QED) is 0.796. The third-order valence-electron chi connectivity index (χ3n) is 3.66. The van der Waals surface area contributed by atoms with Gasteiger partial charge in [-0.15, -0.1) is 0 Å². The Bertz CT molecular complexity index is 688. The fourth-order valence-corrected chi connectivity index (χ4v) is 2.62. The summed E-state index contributed by atoms with van der Waals surface area (Å²) >= 11 is 6.01. The van der Waals surface area contributed by atoms with Crippen LogP contribution in [0, 0.1) is 0 Å². The monoisotopic (exact) mass is 344 g/mol. The van der Waals surface area contributed by atoms with Crippen molar-refractivity contribution in [3.63, 3.8) is 0 Å². The van der Waals surface area contributed by atoms with Gasteiger partial charge in [0, 0.05) is 5.56 Å². The number of halogens is 1. The first-order valence-corrected chi connectivity index (χ1v) is 8.08. The largest absolute Gasteiger partial charge is 0.495 e. The van der Waals surface area contributed by atoms with Crippen molar-refractivity contribution in [3.05, 3.63) is 64.7 Å². The fourth-order valence-electron chi connectivity index (χ4n) is 2.36. The van der Waals surface area contributed by atoms with Crippen molar-refractivity contribution in [2.24, 2.45) is 0 Å². The Morgan fingerprint density at radius 2 is 2.00 bits per heavy atom.